The van der Waals surface area contributed by atoms with Crippen LogP contribution in [0.3, 0.4) is 0 Å². The number of carboxylic acids is 1. The molecule has 0 saturated carbocycles. The predicted octanol–water partition coefficient (Wildman–Crippen LogP) is 3.40. The molecule has 1 fully saturated rings. The summed E-state index contributed by atoms with van der Waals surface area (Å²) in [7, 11) is 1.69. The molecule has 5 nitrogen and oxygen atoms in total. The molecule has 1 heterocycles. The Labute approximate surface area is 160 Å². The zero-order valence-electron chi connectivity index (χ0n) is 15.9. The fourth-order valence-electron chi connectivity index (χ4n) is 3.94. The van der Waals surface area contributed by atoms with E-state index in [9.17, 15) is 14.7 Å². The number of piperidine rings is 1. The number of amides is 1. The van der Waals surface area contributed by atoms with Gasteiger partial charge in [-0.15, -0.1) is 0 Å². The molecule has 1 aliphatic heterocycles. The molecule has 0 aliphatic carbocycles. The van der Waals surface area contributed by atoms with Gasteiger partial charge in [-0.1, -0.05) is 42.5 Å². The lowest BCUT2D eigenvalue weighted by molar-refractivity contribution is -0.132. The number of carboxylic acid groups (broad SMARTS) is 1. The van der Waals surface area contributed by atoms with Crippen molar-refractivity contribution < 1.29 is 14.7 Å². The molecule has 27 heavy (non-hydrogen) atoms. The second kappa shape index (κ2) is 7.92. The maximum absolute atomic E-state index is 12.2. The minimum Gasteiger partial charge on any atom is -0.478 e. The third kappa shape index (κ3) is 4.19. The maximum atomic E-state index is 12.2. The first-order chi connectivity index (χ1) is 12.9. The Kier molecular flexibility index (Phi) is 5.61. The Morgan fingerprint density at radius 2 is 1.85 bits per heavy atom. The fraction of sp³-hybridized carbons (Fsp3) is 0.364. The molecule has 5 heteroatoms. The molecule has 142 valence electrons. The van der Waals surface area contributed by atoms with E-state index >= 15 is 0 Å². The van der Waals surface area contributed by atoms with Crippen molar-refractivity contribution in [3.05, 3.63) is 59.7 Å². The van der Waals surface area contributed by atoms with E-state index in [1.54, 1.807) is 19.2 Å². The Morgan fingerprint density at radius 1 is 1.15 bits per heavy atom. The summed E-state index contributed by atoms with van der Waals surface area (Å²) in [6.45, 7) is 4.55. The Balaban J connectivity index is 1.73. The van der Waals surface area contributed by atoms with E-state index in [-0.39, 0.29) is 11.3 Å². The van der Waals surface area contributed by atoms with E-state index in [0.29, 0.717) is 5.56 Å². The van der Waals surface area contributed by atoms with Gasteiger partial charge in [-0.05, 0) is 49.1 Å². The van der Waals surface area contributed by atoms with Gasteiger partial charge in [0, 0.05) is 20.1 Å². The number of nitrogens with zero attached hydrogens (tertiary/aromatic N) is 1. The van der Waals surface area contributed by atoms with E-state index in [0.717, 1.165) is 49.2 Å². The second-order valence-electron chi connectivity index (χ2n) is 7.50. The van der Waals surface area contributed by atoms with Crippen molar-refractivity contribution in [2.45, 2.75) is 26.3 Å². The minimum absolute atomic E-state index is 0.104. The highest BCUT2D eigenvalue weighted by Crippen LogP contribution is 2.31. The number of carbonyl (C=O) groups excluding carboxylic acids is 1. The Morgan fingerprint density at radius 3 is 2.52 bits per heavy atom. The summed E-state index contributed by atoms with van der Waals surface area (Å²) in [5, 5.41) is 12.2. The van der Waals surface area contributed by atoms with Crippen LogP contribution in [0.2, 0.25) is 0 Å². The summed E-state index contributed by atoms with van der Waals surface area (Å²) >= 11 is 0. The number of hydrogen-bond donors (Lipinski definition) is 2. The van der Waals surface area contributed by atoms with Crippen LogP contribution in [0, 0.1) is 5.41 Å². The number of carbonyl (C=O) groups is 2. The predicted molar refractivity (Wildman–Crippen MR) is 106 cm³/mol. The Hall–Kier alpha value is -2.66. The summed E-state index contributed by atoms with van der Waals surface area (Å²) in [5.74, 6) is -0.815. The molecule has 0 aromatic heterocycles. The number of likely N-dealkylation sites (tertiary alicyclic amines) is 1. The third-order valence-electron chi connectivity index (χ3n) is 5.38. The zero-order chi connectivity index (χ0) is 19.4. The molecule has 1 saturated heterocycles. The van der Waals surface area contributed by atoms with Crippen LogP contribution in [0.5, 0.6) is 0 Å². The summed E-state index contributed by atoms with van der Waals surface area (Å²) in [4.78, 5) is 25.9. The second-order valence-corrected chi connectivity index (χ2v) is 7.50. The van der Waals surface area contributed by atoms with Crippen molar-refractivity contribution in [2.24, 2.45) is 5.41 Å². The van der Waals surface area contributed by atoms with Gasteiger partial charge in [0.1, 0.15) is 0 Å². The van der Waals surface area contributed by atoms with Crippen LogP contribution in [0.15, 0.2) is 48.5 Å². The van der Waals surface area contributed by atoms with Crippen LogP contribution >= 0.6 is 0 Å². The lowest BCUT2D eigenvalue weighted by Gasteiger charge is -2.39. The van der Waals surface area contributed by atoms with Crippen molar-refractivity contribution in [2.75, 3.05) is 20.1 Å². The third-order valence-corrected chi connectivity index (χ3v) is 5.38. The molecule has 2 N–H and O–H groups in total. The first-order valence-electron chi connectivity index (χ1n) is 9.29. The minimum atomic E-state index is -0.920. The van der Waals surface area contributed by atoms with Crippen LogP contribution in [0.25, 0.3) is 11.1 Å². The van der Waals surface area contributed by atoms with Crippen LogP contribution in [0.4, 0.5) is 0 Å². The van der Waals surface area contributed by atoms with Gasteiger partial charge >= 0.3 is 5.97 Å². The van der Waals surface area contributed by atoms with E-state index in [1.807, 2.05) is 43.3 Å². The monoisotopic (exact) mass is 366 g/mol. The summed E-state index contributed by atoms with van der Waals surface area (Å²) < 4.78 is 0. The molecule has 2 aromatic carbocycles. The number of rotatable bonds is 5. The normalized spacial score (nSPS) is 20.2. The largest absolute Gasteiger partial charge is 0.478 e. The molecule has 0 radical (unpaired) electrons. The van der Waals surface area contributed by atoms with Crippen molar-refractivity contribution in [1.82, 2.24) is 10.2 Å². The highest BCUT2D eigenvalue weighted by atomic mass is 16.4. The molecule has 2 aromatic rings. The smallest absolute Gasteiger partial charge is 0.336 e. The first-order valence-corrected chi connectivity index (χ1v) is 9.29. The van der Waals surface area contributed by atoms with Crippen molar-refractivity contribution in [3.8, 4) is 11.1 Å². The van der Waals surface area contributed by atoms with Gasteiger partial charge < -0.3 is 10.4 Å². The molecule has 1 atom stereocenters. The number of hydrogen-bond acceptors (Lipinski definition) is 3. The van der Waals surface area contributed by atoms with Gasteiger partial charge in [-0.25, -0.2) is 4.79 Å². The number of aromatic carboxylic acids is 1. The number of nitrogens with one attached hydrogen (secondary N) is 1. The molecular weight excluding hydrogens is 340 g/mol. The van der Waals surface area contributed by atoms with Crippen LogP contribution < -0.4 is 5.32 Å². The van der Waals surface area contributed by atoms with Crippen molar-refractivity contribution in [1.29, 1.82) is 0 Å². The van der Waals surface area contributed by atoms with E-state index in [2.05, 4.69) is 10.2 Å². The molecule has 1 aliphatic rings. The zero-order valence-corrected chi connectivity index (χ0v) is 15.9. The Bertz CT molecular complexity index is 832. The van der Waals surface area contributed by atoms with E-state index in [4.69, 9.17) is 0 Å². The van der Waals surface area contributed by atoms with Gasteiger partial charge in [0.15, 0.2) is 0 Å². The van der Waals surface area contributed by atoms with Crippen LogP contribution in [0.1, 0.15) is 35.7 Å². The maximum Gasteiger partial charge on any atom is 0.336 e. The molecule has 0 unspecified atom stereocenters. The standard InChI is InChI=1S/C22H26N2O3/c1-22(21(27)23-2)12-5-13-24(15-22)14-16-8-10-17(11-9-16)18-6-3-4-7-19(18)20(25)26/h3-4,6-11H,5,12-15H2,1-2H3,(H,23,27)(H,25,26)/t22-/m1/s1. The lowest BCUT2D eigenvalue weighted by atomic mass is 9.81. The van der Waals surface area contributed by atoms with E-state index < -0.39 is 5.97 Å². The van der Waals surface area contributed by atoms with Gasteiger partial charge in [0.25, 0.3) is 0 Å². The van der Waals surface area contributed by atoms with Crippen LogP contribution in [-0.4, -0.2) is 42.0 Å². The average Bonchev–Trinajstić information content (AvgIpc) is 2.68. The summed E-state index contributed by atoms with van der Waals surface area (Å²) in [5.41, 5.74) is 2.75. The molecule has 1 amide bonds. The quantitative estimate of drug-likeness (QED) is 0.851. The molecular formula is C22H26N2O3. The molecule has 0 spiro atoms. The van der Waals surface area contributed by atoms with Gasteiger partial charge in [-0.3, -0.25) is 9.69 Å². The summed E-state index contributed by atoms with van der Waals surface area (Å²) in [6, 6.07) is 15.1. The SMILES string of the molecule is CNC(=O)[C@]1(C)CCCN(Cc2ccc(-c3ccccc3C(=O)O)cc2)C1. The lowest BCUT2D eigenvalue weighted by Crippen LogP contribution is -2.49. The highest BCUT2D eigenvalue weighted by molar-refractivity contribution is 5.96. The van der Waals surface area contributed by atoms with Crippen LogP contribution in [-0.2, 0) is 11.3 Å². The summed E-state index contributed by atoms with van der Waals surface area (Å²) in [6.07, 6.45) is 1.92. The van der Waals surface area contributed by atoms with Crippen molar-refractivity contribution >= 4 is 11.9 Å². The van der Waals surface area contributed by atoms with Crippen molar-refractivity contribution in [3.63, 3.8) is 0 Å². The average molecular weight is 366 g/mol. The molecule has 0 bridgehead atoms. The van der Waals surface area contributed by atoms with Gasteiger partial charge in [0.05, 0.1) is 11.0 Å². The topological polar surface area (TPSA) is 69.6 Å². The van der Waals surface area contributed by atoms with E-state index in [1.165, 1.54) is 0 Å². The highest BCUT2D eigenvalue weighted by Gasteiger charge is 2.37. The number of benzene rings is 2. The molecule has 3 rings (SSSR count). The fourth-order valence-corrected chi connectivity index (χ4v) is 3.94. The first kappa shape index (κ1) is 19.1. The van der Waals surface area contributed by atoms with Gasteiger partial charge in [-0.2, -0.15) is 0 Å². The van der Waals surface area contributed by atoms with Gasteiger partial charge in [0.2, 0.25) is 5.91 Å².